The third-order valence-corrected chi connectivity index (χ3v) is 4.52. The molecule has 2 N–H and O–H groups in total. The number of nitrogens with one attached hydrogen (secondary N) is 1. The second-order valence-corrected chi connectivity index (χ2v) is 6.44. The maximum atomic E-state index is 12.8. The minimum absolute atomic E-state index is 0.0145. The molecule has 0 aromatic carbocycles. The van der Waals surface area contributed by atoms with Gasteiger partial charge in [-0.15, -0.1) is 0 Å². The number of ether oxygens (including phenoxy) is 1. The fourth-order valence-electron chi connectivity index (χ4n) is 3.27. The molecule has 0 saturated carbocycles. The van der Waals surface area contributed by atoms with Gasteiger partial charge in [0.05, 0.1) is 17.4 Å². The summed E-state index contributed by atoms with van der Waals surface area (Å²) >= 11 is 0. The molecule has 7 heteroatoms. The van der Waals surface area contributed by atoms with Crippen molar-refractivity contribution < 1.29 is 14.7 Å². The van der Waals surface area contributed by atoms with E-state index in [2.05, 4.69) is 4.98 Å². The maximum absolute atomic E-state index is 12.8. The summed E-state index contributed by atoms with van der Waals surface area (Å²) in [6.45, 7) is 6.13. The molecule has 0 saturated heterocycles. The van der Waals surface area contributed by atoms with Crippen LogP contribution >= 0.6 is 0 Å². The van der Waals surface area contributed by atoms with E-state index in [-0.39, 0.29) is 12.0 Å². The maximum Gasteiger partial charge on any atom is 0.259 e. The molecular weight excluding hydrogens is 310 g/mol. The fraction of sp³-hybridized carbons (Fsp3) is 0.471. The molecule has 7 nitrogen and oxygen atoms in total. The van der Waals surface area contributed by atoms with Crippen LogP contribution in [0.15, 0.2) is 16.9 Å². The molecule has 1 atom stereocenters. The topological polar surface area (TPSA) is 93.5 Å². The van der Waals surface area contributed by atoms with Crippen LogP contribution in [0, 0.1) is 6.92 Å². The lowest BCUT2D eigenvalue weighted by Gasteiger charge is -2.35. The van der Waals surface area contributed by atoms with Crippen molar-refractivity contribution in [3.8, 4) is 5.75 Å². The van der Waals surface area contributed by atoms with E-state index < -0.39 is 11.5 Å². The van der Waals surface area contributed by atoms with Crippen LogP contribution in [0.2, 0.25) is 0 Å². The molecule has 1 aliphatic heterocycles. The van der Waals surface area contributed by atoms with E-state index in [9.17, 15) is 9.59 Å². The Hall–Kier alpha value is -2.41. The van der Waals surface area contributed by atoms with Gasteiger partial charge in [-0.3, -0.25) is 19.4 Å². The number of fused-ring (bicyclic) bond motifs is 3. The molecule has 0 bridgehead atoms. The lowest BCUT2D eigenvalue weighted by Crippen LogP contribution is -2.43. The number of hydroxylamine groups is 1. The van der Waals surface area contributed by atoms with E-state index in [0.29, 0.717) is 36.3 Å². The van der Waals surface area contributed by atoms with Crippen molar-refractivity contribution in [3.05, 3.63) is 33.7 Å². The summed E-state index contributed by atoms with van der Waals surface area (Å²) in [5.41, 5.74) is 2.81. The van der Waals surface area contributed by atoms with Crippen molar-refractivity contribution >= 4 is 16.9 Å². The van der Waals surface area contributed by atoms with Gasteiger partial charge in [0.15, 0.2) is 0 Å². The Morgan fingerprint density at radius 2 is 2.25 bits per heavy atom. The second-order valence-electron chi connectivity index (χ2n) is 6.44. The van der Waals surface area contributed by atoms with Crippen LogP contribution < -0.4 is 15.8 Å². The van der Waals surface area contributed by atoms with Crippen molar-refractivity contribution in [2.45, 2.75) is 52.2 Å². The Bertz CT molecular complexity index is 874. The van der Waals surface area contributed by atoms with Gasteiger partial charge in [-0.1, -0.05) is 0 Å². The summed E-state index contributed by atoms with van der Waals surface area (Å²) in [6, 6.07) is 3.78. The third-order valence-electron chi connectivity index (χ3n) is 4.52. The first-order valence-electron chi connectivity index (χ1n) is 8.03. The molecule has 1 amide bonds. The first-order chi connectivity index (χ1) is 11.4. The number of carbonyl (C=O) groups is 1. The summed E-state index contributed by atoms with van der Waals surface area (Å²) in [7, 11) is 0. The standard InChI is InChI=1S/C17H21N3O4/c1-4-20-15-11(6-5-10(2)18-15)14-12(16(20)22)7-8-17(3,24-14)9-13(21)19-23/h5-6,23H,4,7-9H2,1-3H3,(H,19,21). The quantitative estimate of drug-likeness (QED) is 0.659. The van der Waals surface area contributed by atoms with Crippen LogP contribution in [0.5, 0.6) is 5.75 Å². The van der Waals surface area contributed by atoms with E-state index in [1.807, 2.05) is 32.9 Å². The van der Waals surface area contributed by atoms with Crippen LogP contribution in [0.3, 0.4) is 0 Å². The molecule has 3 heterocycles. The molecule has 24 heavy (non-hydrogen) atoms. The van der Waals surface area contributed by atoms with Crippen LogP contribution in [0.25, 0.3) is 11.0 Å². The fourth-order valence-corrected chi connectivity index (χ4v) is 3.27. The lowest BCUT2D eigenvalue weighted by molar-refractivity contribution is -0.133. The number of aryl methyl sites for hydroxylation is 2. The third kappa shape index (κ3) is 2.65. The highest BCUT2D eigenvalue weighted by Crippen LogP contribution is 2.38. The molecule has 2 aromatic heterocycles. The zero-order chi connectivity index (χ0) is 17.5. The van der Waals surface area contributed by atoms with Crippen LogP contribution in [-0.2, 0) is 17.8 Å². The van der Waals surface area contributed by atoms with Gasteiger partial charge in [-0.05, 0) is 45.7 Å². The predicted octanol–water partition coefficient (Wildman–Crippen LogP) is 1.70. The summed E-state index contributed by atoms with van der Waals surface area (Å²) in [5, 5.41) is 9.54. The molecule has 0 fully saturated rings. The largest absolute Gasteiger partial charge is 0.486 e. The lowest BCUT2D eigenvalue weighted by atomic mass is 9.89. The molecule has 0 radical (unpaired) electrons. The Morgan fingerprint density at radius 3 is 2.92 bits per heavy atom. The SMILES string of the molecule is CCn1c(=O)c2c(c3ccc(C)nc31)OC(C)(CC(=O)NO)CC2. The van der Waals surface area contributed by atoms with Gasteiger partial charge in [0.1, 0.15) is 17.0 Å². The van der Waals surface area contributed by atoms with E-state index >= 15 is 0 Å². The minimum atomic E-state index is -0.775. The number of pyridine rings is 2. The number of rotatable bonds is 3. The van der Waals surface area contributed by atoms with Crippen LogP contribution in [0.1, 0.15) is 37.9 Å². The number of hydrogen-bond donors (Lipinski definition) is 2. The average molecular weight is 331 g/mol. The highest BCUT2D eigenvalue weighted by atomic mass is 16.5. The van der Waals surface area contributed by atoms with Crippen molar-refractivity contribution in [3.63, 3.8) is 0 Å². The molecular formula is C17H21N3O4. The van der Waals surface area contributed by atoms with Crippen molar-refractivity contribution in [2.24, 2.45) is 0 Å². The summed E-state index contributed by atoms with van der Waals surface area (Å²) in [6.07, 6.45) is 1.06. The Kier molecular flexibility index (Phi) is 4.04. The summed E-state index contributed by atoms with van der Waals surface area (Å²) in [4.78, 5) is 28.8. The van der Waals surface area contributed by atoms with E-state index in [4.69, 9.17) is 9.94 Å². The van der Waals surface area contributed by atoms with Crippen molar-refractivity contribution in [1.82, 2.24) is 15.0 Å². The number of hydrogen-bond acceptors (Lipinski definition) is 5. The molecule has 128 valence electrons. The highest BCUT2D eigenvalue weighted by Gasteiger charge is 2.36. The summed E-state index contributed by atoms with van der Waals surface area (Å²) in [5.74, 6) is -0.00665. The van der Waals surface area contributed by atoms with Gasteiger partial charge in [0.2, 0.25) is 5.91 Å². The normalized spacial score (nSPS) is 19.7. The molecule has 1 unspecified atom stereocenters. The zero-order valence-corrected chi connectivity index (χ0v) is 14.0. The van der Waals surface area contributed by atoms with Gasteiger partial charge in [0.25, 0.3) is 5.56 Å². The Morgan fingerprint density at radius 1 is 1.50 bits per heavy atom. The van der Waals surface area contributed by atoms with Gasteiger partial charge in [0, 0.05) is 12.2 Å². The number of amides is 1. The second kappa shape index (κ2) is 5.90. The Balaban J connectivity index is 2.19. The van der Waals surface area contributed by atoms with Crippen molar-refractivity contribution in [1.29, 1.82) is 0 Å². The number of carbonyl (C=O) groups excluding carboxylic acids is 1. The van der Waals surface area contributed by atoms with E-state index in [0.717, 1.165) is 11.1 Å². The first kappa shape index (κ1) is 16.4. The Labute approximate surface area is 139 Å². The first-order valence-corrected chi connectivity index (χ1v) is 8.03. The molecule has 0 aliphatic carbocycles. The highest BCUT2D eigenvalue weighted by molar-refractivity contribution is 5.84. The smallest absolute Gasteiger partial charge is 0.259 e. The monoisotopic (exact) mass is 331 g/mol. The molecule has 3 rings (SSSR count). The van der Waals surface area contributed by atoms with Gasteiger partial charge < -0.3 is 4.74 Å². The van der Waals surface area contributed by atoms with E-state index in [1.165, 1.54) is 0 Å². The number of nitrogens with zero attached hydrogens (tertiary/aromatic N) is 2. The molecule has 2 aromatic rings. The van der Waals surface area contributed by atoms with Gasteiger partial charge >= 0.3 is 0 Å². The van der Waals surface area contributed by atoms with Crippen LogP contribution in [-0.4, -0.2) is 26.3 Å². The predicted molar refractivity (Wildman–Crippen MR) is 88.3 cm³/mol. The molecule has 0 spiro atoms. The summed E-state index contributed by atoms with van der Waals surface area (Å²) < 4.78 is 7.76. The van der Waals surface area contributed by atoms with E-state index in [1.54, 1.807) is 10.0 Å². The minimum Gasteiger partial charge on any atom is -0.486 e. The van der Waals surface area contributed by atoms with Gasteiger partial charge in [-0.2, -0.15) is 0 Å². The number of aromatic nitrogens is 2. The average Bonchev–Trinajstić information content (AvgIpc) is 2.54. The van der Waals surface area contributed by atoms with Crippen molar-refractivity contribution in [2.75, 3.05) is 0 Å². The zero-order valence-electron chi connectivity index (χ0n) is 14.0. The van der Waals surface area contributed by atoms with Gasteiger partial charge in [-0.25, -0.2) is 10.5 Å². The van der Waals surface area contributed by atoms with Crippen LogP contribution in [0.4, 0.5) is 0 Å². The molecule has 1 aliphatic rings.